The second-order valence-electron chi connectivity index (χ2n) is 4.83. The van der Waals surface area contributed by atoms with Crippen molar-refractivity contribution in [1.29, 1.82) is 0 Å². The number of amides is 2. The zero-order valence-electron chi connectivity index (χ0n) is 12.7. The molecular weight excluding hydrogens is 297 g/mol. The van der Waals surface area contributed by atoms with Crippen LogP contribution in [0.4, 0.5) is 18.0 Å². The van der Waals surface area contributed by atoms with Gasteiger partial charge in [-0.3, -0.25) is 0 Å². The van der Waals surface area contributed by atoms with Crippen LogP contribution in [0.25, 0.3) is 0 Å². The van der Waals surface area contributed by atoms with Gasteiger partial charge in [-0.15, -0.1) is 0 Å². The maximum absolute atomic E-state index is 12.5. The monoisotopic (exact) mass is 318 g/mol. The number of hydrogen-bond donors (Lipinski definition) is 1. The van der Waals surface area contributed by atoms with E-state index in [1.54, 1.807) is 12.0 Å². The number of rotatable bonds is 7. The summed E-state index contributed by atoms with van der Waals surface area (Å²) in [5.41, 5.74) is -0.0835. The second-order valence-corrected chi connectivity index (χ2v) is 4.83. The third kappa shape index (κ3) is 5.93. The number of halogens is 3. The lowest BCUT2D eigenvalue weighted by atomic mass is 10.1. The fourth-order valence-corrected chi connectivity index (χ4v) is 1.89. The third-order valence-corrected chi connectivity index (χ3v) is 3.07. The molecule has 0 aliphatic heterocycles. The molecule has 1 rings (SSSR count). The summed E-state index contributed by atoms with van der Waals surface area (Å²) >= 11 is 0. The van der Waals surface area contributed by atoms with Crippen LogP contribution >= 0.6 is 0 Å². The second kappa shape index (κ2) is 8.63. The first-order valence-electron chi connectivity index (χ1n) is 7.06. The lowest BCUT2D eigenvalue weighted by Gasteiger charge is -2.22. The Kier molecular flexibility index (Phi) is 7.17. The summed E-state index contributed by atoms with van der Waals surface area (Å²) in [7, 11) is 1.56. The van der Waals surface area contributed by atoms with Crippen molar-refractivity contribution in [3.8, 4) is 0 Å². The molecule has 0 radical (unpaired) electrons. The van der Waals surface area contributed by atoms with E-state index in [9.17, 15) is 18.0 Å². The molecule has 0 aliphatic carbocycles. The standard InChI is InChI=1S/C15H21F3N2O2/c1-3-8-20(9-10-22-2)14(21)19-11-12-4-6-13(7-5-12)15(16,17)18/h4-7H,3,8-11H2,1-2H3,(H,19,21). The molecule has 1 aromatic rings. The average Bonchev–Trinajstić information content (AvgIpc) is 2.48. The summed E-state index contributed by atoms with van der Waals surface area (Å²) in [6.45, 7) is 3.66. The van der Waals surface area contributed by atoms with Gasteiger partial charge in [-0.25, -0.2) is 4.79 Å². The highest BCUT2D eigenvalue weighted by atomic mass is 19.4. The highest BCUT2D eigenvalue weighted by Gasteiger charge is 2.29. The van der Waals surface area contributed by atoms with Gasteiger partial charge in [-0.2, -0.15) is 13.2 Å². The molecule has 0 fully saturated rings. The predicted molar refractivity (Wildman–Crippen MR) is 77.4 cm³/mol. The highest BCUT2D eigenvalue weighted by molar-refractivity contribution is 5.74. The highest BCUT2D eigenvalue weighted by Crippen LogP contribution is 2.29. The Morgan fingerprint density at radius 3 is 2.36 bits per heavy atom. The molecule has 0 aromatic heterocycles. The van der Waals surface area contributed by atoms with Crippen molar-refractivity contribution in [2.24, 2.45) is 0 Å². The SMILES string of the molecule is CCCN(CCOC)C(=O)NCc1ccc(C(F)(F)F)cc1. The molecule has 0 saturated carbocycles. The molecule has 1 aromatic carbocycles. The van der Waals surface area contributed by atoms with Crippen molar-refractivity contribution >= 4 is 6.03 Å². The number of benzene rings is 1. The van der Waals surface area contributed by atoms with E-state index >= 15 is 0 Å². The first kappa shape index (κ1) is 18.3. The summed E-state index contributed by atoms with van der Waals surface area (Å²) in [5, 5.41) is 2.70. The van der Waals surface area contributed by atoms with E-state index in [4.69, 9.17) is 4.74 Å². The minimum absolute atomic E-state index is 0.185. The topological polar surface area (TPSA) is 41.6 Å². The zero-order chi connectivity index (χ0) is 16.6. The smallest absolute Gasteiger partial charge is 0.383 e. The Morgan fingerprint density at radius 2 is 1.86 bits per heavy atom. The number of nitrogens with zero attached hydrogens (tertiary/aromatic N) is 1. The van der Waals surface area contributed by atoms with Gasteiger partial charge in [0.1, 0.15) is 0 Å². The Bertz CT molecular complexity index is 461. The molecule has 0 aliphatic rings. The first-order valence-corrected chi connectivity index (χ1v) is 7.06. The van der Waals surface area contributed by atoms with Gasteiger partial charge in [0.15, 0.2) is 0 Å². The predicted octanol–water partition coefficient (Wildman–Crippen LogP) is 3.27. The molecule has 0 spiro atoms. The average molecular weight is 318 g/mol. The molecule has 4 nitrogen and oxygen atoms in total. The van der Waals surface area contributed by atoms with Crippen molar-refractivity contribution < 1.29 is 22.7 Å². The molecule has 0 bridgehead atoms. The van der Waals surface area contributed by atoms with Crippen molar-refractivity contribution in [3.05, 3.63) is 35.4 Å². The van der Waals surface area contributed by atoms with E-state index in [1.165, 1.54) is 12.1 Å². The fourth-order valence-electron chi connectivity index (χ4n) is 1.89. The molecule has 124 valence electrons. The van der Waals surface area contributed by atoms with E-state index in [1.807, 2.05) is 6.92 Å². The van der Waals surface area contributed by atoms with Gasteiger partial charge in [0, 0.05) is 26.7 Å². The lowest BCUT2D eigenvalue weighted by Crippen LogP contribution is -2.41. The van der Waals surface area contributed by atoms with Crippen LogP contribution in [0.15, 0.2) is 24.3 Å². The first-order chi connectivity index (χ1) is 10.4. The Labute approximate surface area is 128 Å². The van der Waals surface area contributed by atoms with Gasteiger partial charge in [-0.1, -0.05) is 19.1 Å². The fraction of sp³-hybridized carbons (Fsp3) is 0.533. The number of methoxy groups -OCH3 is 1. The number of hydrogen-bond acceptors (Lipinski definition) is 2. The van der Waals surface area contributed by atoms with Crippen LogP contribution in [0.3, 0.4) is 0 Å². The molecule has 0 saturated heterocycles. The minimum atomic E-state index is -4.35. The molecule has 2 amide bonds. The number of alkyl halides is 3. The molecule has 22 heavy (non-hydrogen) atoms. The maximum atomic E-state index is 12.5. The Balaban J connectivity index is 2.55. The molecular formula is C15H21F3N2O2. The van der Waals surface area contributed by atoms with Gasteiger partial charge >= 0.3 is 12.2 Å². The summed E-state index contributed by atoms with van der Waals surface area (Å²) in [6, 6.07) is 4.50. The van der Waals surface area contributed by atoms with Crippen LogP contribution in [0.2, 0.25) is 0 Å². The maximum Gasteiger partial charge on any atom is 0.416 e. The van der Waals surface area contributed by atoms with Crippen LogP contribution in [0.1, 0.15) is 24.5 Å². The van der Waals surface area contributed by atoms with Crippen molar-refractivity contribution in [2.45, 2.75) is 26.1 Å². The lowest BCUT2D eigenvalue weighted by molar-refractivity contribution is -0.137. The van der Waals surface area contributed by atoms with Crippen LogP contribution in [0, 0.1) is 0 Å². The van der Waals surface area contributed by atoms with Crippen LogP contribution in [0.5, 0.6) is 0 Å². The van der Waals surface area contributed by atoms with Crippen LogP contribution in [-0.4, -0.2) is 37.7 Å². The number of carbonyl (C=O) groups is 1. The van der Waals surface area contributed by atoms with Gasteiger partial charge in [0.25, 0.3) is 0 Å². The summed E-state index contributed by atoms with van der Waals surface area (Å²) in [6.07, 6.45) is -3.53. The van der Waals surface area contributed by atoms with Crippen molar-refractivity contribution in [2.75, 3.05) is 26.8 Å². The van der Waals surface area contributed by atoms with Crippen molar-refractivity contribution in [3.63, 3.8) is 0 Å². The van der Waals surface area contributed by atoms with E-state index < -0.39 is 11.7 Å². The van der Waals surface area contributed by atoms with Gasteiger partial charge in [0.2, 0.25) is 0 Å². The Morgan fingerprint density at radius 1 is 1.23 bits per heavy atom. The zero-order valence-corrected chi connectivity index (χ0v) is 12.7. The van der Waals surface area contributed by atoms with Crippen LogP contribution < -0.4 is 5.32 Å². The van der Waals surface area contributed by atoms with Crippen molar-refractivity contribution in [1.82, 2.24) is 10.2 Å². The molecule has 0 atom stereocenters. The van der Waals surface area contributed by atoms with Crippen LogP contribution in [-0.2, 0) is 17.5 Å². The largest absolute Gasteiger partial charge is 0.416 e. The van der Waals surface area contributed by atoms with E-state index in [2.05, 4.69) is 5.32 Å². The summed E-state index contributed by atoms with van der Waals surface area (Å²) in [5.74, 6) is 0. The number of carbonyl (C=O) groups excluding carboxylic acids is 1. The minimum Gasteiger partial charge on any atom is -0.383 e. The van der Waals surface area contributed by atoms with Gasteiger partial charge in [0.05, 0.1) is 12.2 Å². The molecule has 7 heteroatoms. The number of ether oxygens (including phenoxy) is 1. The van der Waals surface area contributed by atoms with E-state index in [-0.39, 0.29) is 12.6 Å². The van der Waals surface area contributed by atoms with Gasteiger partial charge < -0.3 is 15.0 Å². The third-order valence-electron chi connectivity index (χ3n) is 3.07. The van der Waals surface area contributed by atoms with Gasteiger partial charge in [-0.05, 0) is 24.1 Å². The summed E-state index contributed by atoms with van der Waals surface area (Å²) in [4.78, 5) is 13.6. The molecule has 0 unspecified atom stereocenters. The van der Waals surface area contributed by atoms with E-state index in [0.717, 1.165) is 18.6 Å². The number of urea groups is 1. The summed E-state index contributed by atoms with van der Waals surface area (Å²) < 4.78 is 42.3. The Hall–Kier alpha value is -1.76. The van der Waals surface area contributed by atoms with E-state index in [0.29, 0.717) is 25.3 Å². The normalized spacial score (nSPS) is 11.3. The number of nitrogens with one attached hydrogen (secondary N) is 1. The quantitative estimate of drug-likeness (QED) is 0.838. The molecule has 0 heterocycles. The molecule has 1 N–H and O–H groups in total.